The van der Waals surface area contributed by atoms with Gasteiger partial charge in [0.2, 0.25) is 5.95 Å². The van der Waals surface area contributed by atoms with Crippen LogP contribution in [-0.4, -0.2) is 22.0 Å². The fraction of sp³-hybridized carbons (Fsp3) is 0.571. The number of hydrogen-bond donors (Lipinski definition) is 1. The summed E-state index contributed by atoms with van der Waals surface area (Å²) in [5, 5.41) is 2.68. The van der Waals surface area contributed by atoms with E-state index in [1.165, 1.54) is 0 Å². The van der Waals surface area contributed by atoms with Crippen molar-refractivity contribution in [1.29, 1.82) is 0 Å². The van der Waals surface area contributed by atoms with E-state index in [1.54, 1.807) is 12.4 Å². The molecule has 1 aliphatic heterocycles. The van der Waals surface area contributed by atoms with Crippen molar-refractivity contribution in [2.45, 2.75) is 25.4 Å². The zero-order chi connectivity index (χ0) is 8.55. The van der Waals surface area contributed by atoms with E-state index in [-0.39, 0.29) is 0 Å². The van der Waals surface area contributed by atoms with Gasteiger partial charge in [-0.2, -0.15) is 0 Å². The average molecular weight is 173 g/mol. The van der Waals surface area contributed by atoms with E-state index in [0.717, 1.165) is 0 Å². The van der Waals surface area contributed by atoms with E-state index in [0.29, 0.717) is 18.9 Å². The summed E-state index contributed by atoms with van der Waals surface area (Å²) in [6.07, 6.45) is 1.54. The number of imidazole rings is 1. The first-order valence-electron chi connectivity index (χ1n) is 3.83. The Morgan fingerprint density at radius 1 is 1.67 bits per heavy atom. The molecule has 12 heavy (non-hydrogen) atoms. The van der Waals surface area contributed by atoms with Crippen LogP contribution < -0.4 is 5.32 Å². The summed E-state index contributed by atoms with van der Waals surface area (Å²) >= 11 is 0. The van der Waals surface area contributed by atoms with Crippen molar-refractivity contribution in [2.75, 3.05) is 5.32 Å². The number of anilines is 1. The lowest BCUT2D eigenvalue weighted by atomic mass is 10.2. The first-order valence-corrected chi connectivity index (χ1v) is 3.83. The second-order valence-electron chi connectivity index (χ2n) is 2.82. The minimum absolute atomic E-state index is 0.459. The highest BCUT2D eigenvalue weighted by Crippen LogP contribution is 2.19. The molecule has 1 aromatic heterocycles. The summed E-state index contributed by atoms with van der Waals surface area (Å²) in [7, 11) is 0. The highest BCUT2D eigenvalue weighted by molar-refractivity contribution is 5.29. The smallest absolute Gasteiger partial charge is 0.258 e. The van der Waals surface area contributed by atoms with Gasteiger partial charge >= 0.3 is 0 Å². The predicted molar refractivity (Wildman–Crippen MR) is 40.3 cm³/mol. The summed E-state index contributed by atoms with van der Waals surface area (Å²) in [6.45, 7) is 0.622. The average Bonchev–Trinajstić information content (AvgIpc) is 2.49. The van der Waals surface area contributed by atoms with Crippen LogP contribution in [-0.2, 0) is 6.54 Å². The second-order valence-corrected chi connectivity index (χ2v) is 2.82. The first kappa shape index (κ1) is 7.52. The van der Waals surface area contributed by atoms with Crippen LogP contribution in [0.25, 0.3) is 0 Å². The third-order valence-corrected chi connectivity index (χ3v) is 2.02. The van der Waals surface area contributed by atoms with E-state index in [1.807, 2.05) is 4.57 Å². The maximum absolute atomic E-state index is 12.2. The molecule has 0 saturated carbocycles. The molecule has 2 rings (SSSR count). The van der Waals surface area contributed by atoms with Crippen molar-refractivity contribution in [1.82, 2.24) is 9.55 Å². The number of nitrogens with zero attached hydrogens (tertiary/aromatic N) is 2. The molecule has 3 nitrogen and oxygen atoms in total. The van der Waals surface area contributed by atoms with Gasteiger partial charge in [0, 0.05) is 18.9 Å². The van der Waals surface area contributed by atoms with Crippen LogP contribution in [0.1, 0.15) is 6.42 Å². The van der Waals surface area contributed by atoms with Gasteiger partial charge in [-0.05, 0) is 6.42 Å². The third-order valence-electron chi connectivity index (χ3n) is 2.02. The van der Waals surface area contributed by atoms with E-state index >= 15 is 0 Å². The van der Waals surface area contributed by atoms with Gasteiger partial charge in [0.25, 0.3) is 6.43 Å². The molecular formula is C7H9F2N3. The molecular weight excluding hydrogens is 164 g/mol. The number of halogens is 2. The van der Waals surface area contributed by atoms with Gasteiger partial charge < -0.3 is 9.88 Å². The fourth-order valence-corrected chi connectivity index (χ4v) is 1.33. The molecule has 1 N–H and O–H groups in total. The van der Waals surface area contributed by atoms with Gasteiger partial charge in [-0.3, -0.25) is 0 Å². The van der Waals surface area contributed by atoms with Crippen molar-refractivity contribution in [3.63, 3.8) is 0 Å². The Balaban J connectivity index is 2.15. The molecule has 0 saturated heterocycles. The Hall–Kier alpha value is -1.13. The molecule has 1 aromatic rings. The van der Waals surface area contributed by atoms with Gasteiger partial charge in [0.05, 0.1) is 6.04 Å². The number of aryl methyl sites for hydroxylation is 1. The highest BCUT2D eigenvalue weighted by atomic mass is 19.3. The summed E-state index contributed by atoms with van der Waals surface area (Å²) < 4.78 is 26.3. The minimum Gasteiger partial charge on any atom is -0.347 e. The lowest BCUT2D eigenvalue weighted by Gasteiger charge is -2.24. The van der Waals surface area contributed by atoms with Gasteiger partial charge in [-0.15, -0.1) is 0 Å². The van der Waals surface area contributed by atoms with Gasteiger partial charge in [0.1, 0.15) is 0 Å². The molecule has 0 bridgehead atoms. The van der Waals surface area contributed by atoms with Crippen molar-refractivity contribution >= 4 is 5.95 Å². The summed E-state index contributed by atoms with van der Waals surface area (Å²) in [5.41, 5.74) is 0. The molecule has 2 heterocycles. The molecule has 0 spiro atoms. The van der Waals surface area contributed by atoms with Crippen molar-refractivity contribution in [2.24, 2.45) is 0 Å². The molecule has 0 aromatic carbocycles. The maximum atomic E-state index is 12.2. The Kier molecular flexibility index (Phi) is 1.71. The predicted octanol–water partition coefficient (Wildman–Crippen LogP) is 1.33. The first-order chi connectivity index (χ1) is 5.77. The maximum Gasteiger partial charge on any atom is 0.258 e. The number of alkyl halides is 2. The summed E-state index contributed by atoms with van der Waals surface area (Å²) in [5.74, 6) is 0.548. The van der Waals surface area contributed by atoms with Crippen LogP contribution >= 0.6 is 0 Å². The van der Waals surface area contributed by atoms with Crippen LogP contribution in [0.3, 0.4) is 0 Å². The number of aromatic nitrogens is 2. The molecule has 1 unspecified atom stereocenters. The topological polar surface area (TPSA) is 29.9 Å². The van der Waals surface area contributed by atoms with Gasteiger partial charge in [-0.1, -0.05) is 0 Å². The number of rotatable bonds is 1. The van der Waals surface area contributed by atoms with Crippen LogP contribution in [0.2, 0.25) is 0 Å². The van der Waals surface area contributed by atoms with Crippen molar-refractivity contribution in [3.8, 4) is 0 Å². The molecule has 5 heteroatoms. The standard InChI is InChI=1S/C7H9F2N3/c8-6(9)5-1-3-12-4-2-10-7(12)11-5/h2,4-6H,1,3H2,(H,10,11). The lowest BCUT2D eigenvalue weighted by molar-refractivity contribution is 0.115. The van der Waals surface area contributed by atoms with E-state index < -0.39 is 12.5 Å². The summed E-state index contributed by atoms with van der Waals surface area (Å²) in [6, 6.07) is -0.736. The fourth-order valence-electron chi connectivity index (χ4n) is 1.33. The number of hydrogen-bond acceptors (Lipinski definition) is 2. The normalized spacial score (nSPS) is 22.1. The number of fused-ring (bicyclic) bond motifs is 1. The van der Waals surface area contributed by atoms with E-state index in [2.05, 4.69) is 10.3 Å². The monoisotopic (exact) mass is 173 g/mol. The van der Waals surface area contributed by atoms with Crippen LogP contribution in [0.5, 0.6) is 0 Å². The SMILES string of the molecule is FC(F)C1CCn2ccnc2N1. The van der Waals surface area contributed by atoms with Crippen molar-refractivity contribution < 1.29 is 8.78 Å². The Bertz CT molecular complexity index is 271. The molecule has 0 aliphatic carbocycles. The van der Waals surface area contributed by atoms with Crippen LogP contribution in [0, 0.1) is 0 Å². The Labute approximate surface area is 68.4 Å². The molecule has 0 radical (unpaired) electrons. The molecule has 1 atom stereocenters. The quantitative estimate of drug-likeness (QED) is 0.694. The van der Waals surface area contributed by atoms with Gasteiger partial charge in [-0.25, -0.2) is 13.8 Å². The largest absolute Gasteiger partial charge is 0.347 e. The Morgan fingerprint density at radius 2 is 2.50 bits per heavy atom. The Morgan fingerprint density at radius 3 is 3.25 bits per heavy atom. The zero-order valence-electron chi connectivity index (χ0n) is 6.37. The zero-order valence-corrected chi connectivity index (χ0v) is 6.37. The summed E-state index contributed by atoms with van der Waals surface area (Å²) in [4.78, 5) is 3.91. The van der Waals surface area contributed by atoms with Gasteiger partial charge in [0.15, 0.2) is 0 Å². The van der Waals surface area contributed by atoms with Crippen molar-refractivity contribution in [3.05, 3.63) is 12.4 Å². The molecule has 0 fully saturated rings. The molecule has 0 amide bonds. The van der Waals surface area contributed by atoms with Crippen LogP contribution in [0.15, 0.2) is 12.4 Å². The molecule has 1 aliphatic rings. The highest BCUT2D eigenvalue weighted by Gasteiger charge is 2.25. The number of nitrogens with one attached hydrogen (secondary N) is 1. The third kappa shape index (κ3) is 1.15. The lowest BCUT2D eigenvalue weighted by Crippen LogP contribution is -2.34. The second kappa shape index (κ2) is 2.73. The minimum atomic E-state index is -2.31. The van der Waals surface area contributed by atoms with Crippen LogP contribution in [0.4, 0.5) is 14.7 Å². The van der Waals surface area contributed by atoms with E-state index in [4.69, 9.17) is 0 Å². The van der Waals surface area contributed by atoms with E-state index in [9.17, 15) is 8.78 Å². The molecule has 66 valence electrons.